The fraction of sp³-hybridized carbons (Fsp3) is 0.258. The predicted octanol–water partition coefficient (Wildman–Crippen LogP) is 5.13. The maximum atomic E-state index is 13.5. The van der Waals surface area contributed by atoms with Gasteiger partial charge in [0.2, 0.25) is 0 Å². The number of halogens is 3. The van der Waals surface area contributed by atoms with Crippen molar-refractivity contribution in [3.63, 3.8) is 0 Å². The first-order valence-electron chi connectivity index (χ1n) is 13.7. The maximum absolute atomic E-state index is 13.5. The van der Waals surface area contributed by atoms with Crippen molar-refractivity contribution < 1.29 is 38.0 Å². The molecule has 0 aliphatic carbocycles. The van der Waals surface area contributed by atoms with Gasteiger partial charge in [-0.05, 0) is 112 Å². The molecule has 0 radical (unpaired) electrons. The van der Waals surface area contributed by atoms with Crippen LogP contribution in [-0.4, -0.2) is 49.9 Å². The number of aliphatic hydroxyl groups is 1. The number of carbonyl (C=O) groups excluding carboxylic acids is 2. The van der Waals surface area contributed by atoms with Crippen LogP contribution in [0.3, 0.4) is 0 Å². The third-order valence-electron chi connectivity index (χ3n) is 6.40. The Morgan fingerprint density at radius 3 is 2.56 bits per heavy atom. The van der Waals surface area contributed by atoms with Gasteiger partial charge >= 0.3 is 12.0 Å². The lowest BCUT2D eigenvalue weighted by atomic mass is 9.95. The summed E-state index contributed by atoms with van der Waals surface area (Å²) in [5, 5.41) is 19.9. The highest BCUT2D eigenvalue weighted by Gasteiger charge is 2.32. The molecule has 0 saturated carbocycles. The minimum Gasteiger partial charge on any atom is -0.490 e. The smallest absolute Gasteiger partial charge is 0.337 e. The second kappa shape index (κ2) is 16.1. The van der Waals surface area contributed by atoms with Crippen LogP contribution in [-0.2, 0) is 16.1 Å². The van der Waals surface area contributed by atoms with Gasteiger partial charge in [0.25, 0.3) is 0 Å². The van der Waals surface area contributed by atoms with Crippen molar-refractivity contribution in [1.29, 1.82) is 0 Å². The molecular weight excluding hydrogens is 813 g/mol. The largest absolute Gasteiger partial charge is 0.490 e. The first kappa shape index (κ1) is 34.2. The number of hydrazone groups is 1. The normalized spacial score (nSPS) is 15.3. The molecule has 238 valence electrons. The van der Waals surface area contributed by atoms with Crippen LogP contribution in [0.1, 0.15) is 36.6 Å². The summed E-state index contributed by atoms with van der Waals surface area (Å²) in [6, 6.07) is 13.8. The van der Waals surface area contributed by atoms with Crippen molar-refractivity contribution in [3.8, 4) is 17.2 Å². The maximum Gasteiger partial charge on any atom is 0.337 e. The van der Waals surface area contributed by atoms with Crippen LogP contribution in [0.4, 0.5) is 9.18 Å². The molecule has 4 N–H and O–H groups in total. The van der Waals surface area contributed by atoms with E-state index >= 15 is 0 Å². The molecule has 1 aliphatic heterocycles. The summed E-state index contributed by atoms with van der Waals surface area (Å²) in [4.78, 5) is 24.6. The third kappa shape index (κ3) is 9.20. The summed E-state index contributed by atoms with van der Waals surface area (Å²) >= 11 is 4.33. The minimum absolute atomic E-state index is 0.158. The van der Waals surface area contributed by atoms with Gasteiger partial charge in [-0.15, -0.1) is 0 Å². The van der Waals surface area contributed by atoms with Gasteiger partial charge < -0.3 is 34.7 Å². The number of hydrogen-bond acceptors (Lipinski definition) is 9. The molecular formula is C31H31FI2N4O7. The number of amides is 2. The molecule has 0 spiro atoms. The van der Waals surface area contributed by atoms with E-state index in [-0.39, 0.29) is 24.6 Å². The van der Waals surface area contributed by atoms with Crippen molar-refractivity contribution >= 4 is 63.4 Å². The van der Waals surface area contributed by atoms with Gasteiger partial charge in [0, 0.05) is 5.70 Å². The number of nitrogens with zero attached hydrogens (tertiary/aromatic N) is 1. The molecule has 0 aromatic heterocycles. The lowest BCUT2D eigenvalue weighted by Crippen LogP contribution is -2.45. The van der Waals surface area contributed by atoms with Crippen molar-refractivity contribution in [3.05, 3.63) is 95.5 Å². The predicted molar refractivity (Wildman–Crippen MR) is 182 cm³/mol. The molecule has 0 fully saturated rings. The second-order valence-corrected chi connectivity index (χ2v) is 12.0. The fourth-order valence-corrected chi connectivity index (χ4v) is 6.52. The van der Waals surface area contributed by atoms with E-state index in [4.69, 9.17) is 18.9 Å². The number of methoxy groups -OCH3 is 1. The van der Waals surface area contributed by atoms with Crippen LogP contribution in [0.15, 0.2) is 71.0 Å². The van der Waals surface area contributed by atoms with E-state index in [0.29, 0.717) is 35.1 Å². The molecule has 0 unspecified atom stereocenters. The fourth-order valence-electron chi connectivity index (χ4n) is 4.39. The van der Waals surface area contributed by atoms with E-state index in [9.17, 15) is 19.1 Å². The lowest BCUT2D eigenvalue weighted by Gasteiger charge is -2.28. The number of rotatable bonds is 13. The zero-order valence-electron chi connectivity index (χ0n) is 24.5. The zero-order valence-corrected chi connectivity index (χ0v) is 28.8. The number of carbonyl (C=O) groups is 2. The molecule has 11 nitrogen and oxygen atoms in total. The average molecular weight is 844 g/mol. The minimum atomic E-state index is -1.15. The standard InChI is InChI=1S/C31H31FI2N4O7/c1-4-43-25-13-20(28-27(30(40)42-3)17(2)36-31(41)37-28)8-9-24(25)44-16-26(39)38-35-14-19-11-22(33)29(23(34)12-19)45-15-18-6-5-7-21(32)10-18/h5-14,26,28,38-39H,4,15-16H2,1-3H3,(H2,36,37,41)/b35-14-/t26-,28-/m1/s1. The van der Waals surface area contributed by atoms with Gasteiger partial charge in [-0.1, -0.05) is 18.2 Å². The number of nitrogens with one attached hydrogen (secondary N) is 3. The van der Waals surface area contributed by atoms with Crippen LogP contribution >= 0.6 is 45.2 Å². The quantitative estimate of drug-likeness (QED) is 0.0611. The Hall–Kier alpha value is -3.64. The van der Waals surface area contributed by atoms with Crippen molar-refractivity contribution in [2.75, 3.05) is 20.3 Å². The van der Waals surface area contributed by atoms with E-state index in [0.717, 1.165) is 18.3 Å². The van der Waals surface area contributed by atoms with Gasteiger partial charge in [-0.3, -0.25) is 5.43 Å². The summed E-state index contributed by atoms with van der Waals surface area (Å²) < 4.78 is 37.6. The van der Waals surface area contributed by atoms with E-state index < -0.39 is 24.3 Å². The van der Waals surface area contributed by atoms with E-state index in [2.05, 4.69) is 66.3 Å². The highest BCUT2D eigenvalue weighted by molar-refractivity contribution is 14.1. The summed E-state index contributed by atoms with van der Waals surface area (Å²) in [5.41, 5.74) is 5.37. The SMILES string of the molecule is CCOc1cc([C@H]2NC(=O)NC(C)=C2C(=O)OC)ccc1OC[C@@H](O)N/N=C\c1cc(I)c(OCc2cccc(F)c2)c(I)c1. The Labute approximate surface area is 286 Å². The number of hydrogen-bond donors (Lipinski definition) is 4. The van der Waals surface area contributed by atoms with Gasteiger partial charge in [-0.25, -0.2) is 14.0 Å². The topological polar surface area (TPSA) is 140 Å². The zero-order chi connectivity index (χ0) is 32.5. The molecule has 0 bridgehead atoms. The highest BCUT2D eigenvalue weighted by atomic mass is 127. The third-order valence-corrected chi connectivity index (χ3v) is 8.00. The van der Waals surface area contributed by atoms with Gasteiger partial charge in [-0.2, -0.15) is 5.10 Å². The number of urea groups is 1. The van der Waals surface area contributed by atoms with Gasteiger partial charge in [0.05, 0.1) is 38.7 Å². The van der Waals surface area contributed by atoms with Crippen LogP contribution in [0.25, 0.3) is 0 Å². The van der Waals surface area contributed by atoms with Gasteiger partial charge in [0.15, 0.2) is 17.7 Å². The molecule has 2 atom stereocenters. The number of esters is 1. The first-order valence-corrected chi connectivity index (χ1v) is 15.8. The molecule has 0 saturated heterocycles. The van der Waals surface area contributed by atoms with Crippen LogP contribution < -0.4 is 30.3 Å². The molecule has 14 heteroatoms. The monoisotopic (exact) mass is 844 g/mol. The first-order chi connectivity index (χ1) is 21.6. The summed E-state index contributed by atoms with van der Waals surface area (Å²) in [6.45, 7) is 3.84. The van der Waals surface area contributed by atoms with Crippen LogP contribution in [0.2, 0.25) is 0 Å². The van der Waals surface area contributed by atoms with Crippen molar-refractivity contribution in [2.24, 2.45) is 5.10 Å². The van der Waals surface area contributed by atoms with Crippen molar-refractivity contribution in [1.82, 2.24) is 16.1 Å². The number of aliphatic hydroxyl groups excluding tert-OH is 1. The number of ether oxygens (including phenoxy) is 4. The van der Waals surface area contributed by atoms with Crippen LogP contribution in [0, 0.1) is 13.0 Å². The Morgan fingerprint density at radius 2 is 1.87 bits per heavy atom. The lowest BCUT2D eigenvalue weighted by molar-refractivity contribution is -0.136. The molecule has 3 aromatic rings. The summed E-state index contributed by atoms with van der Waals surface area (Å²) in [7, 11) is 1.27. The van der Waals surface area contributed by atoms with Gasteiger partial charge in [0.1, 0.15) is 24.8 Å². The Kier molecular flexibility index (Phi) is 12.2. The second-order valence-electron chi connectivity index (χ2n) is 9.65. The van der Waals surface area contributed by atoms with E-state index in [1.807, 2.05) is 19.1 Å². The average Bonchev–Trinajstić information content (AvgIpc) is 2.99. The Balaban J connectivity index is 1.37. The Bertz CT molecular complexity index is 1600. The number of allylic oxidation sites excluding steroid dienone is 1. The molecule has 1 heterocycles. The molecule has 2 amide bonds. The molecule has 1 aliphatic rings. The number of benzene rings is 3. The summed E-state index contributed by atoms with van der Waals surface area (Å²) in [6.07, 6.45) is 0.411. The summed E-state index contributed by atoms with van der Waals surface area (Å²) in [5.74, 6) is 0.512. The van der Waals surface area contributed by atoms with E-state index in [1.54, 1.807) is 43.5 Å². The molecule has 45 heavy (non-hydrogen) atoms. The van der Waals surface area contributed by atoms with E-state index in [1.165, 1.54) is 19.2 Å². The highest BCUT2D eigenvalue weighted by Crippen LogP contribution is 2.35. The molecule has 3 aromatic carbocycles. The molecule has 4 rings (SSSR count). The Morgan fingerprint density at radius 1 is 1.11 bits per heavy atom. The van der Waals surface area contributed by atoms with Crippen LogP contribution in [0.5, 0.6) is 17.2 Å². The van der Waals surface area contributed by atoms with Crippen molar-refractivity contribution in [2.45, 2.75) is 32.7 Å².